The maximum absolute atomic E-state index is 12.7. The summed E-state index contributed by atoms with van der Waals surface area (Å²) in [5.41, 5.74) is 8.60. The van der Waals surface area contributed by atoms with Crippen molar-refractivity contribution in [3.63, 3.8) is 0 Å². The predicted molar refractivity (Wildman–Crippen MR) is 98.7 cm³/mol. The molecule has 2 atom stereocenters. The fourth-order valence-corrected chi connectivity index (χ4v) is 3.40. The van der Waals surface area contributed by atoms with E-state index in [0.717, 1.165) is 36.1 Å². The number of carbonyl (C=O) groups excluding carboxylic acids is 1. The lowest BCUT2D eigenvalue weighted by atomic mass is 9.95. The summed E-state index contributed by atoms with van der Waals surface area (Å²) in [7, 11) is 0. The van der Waals surface area contributed by atoms with E-state index in [1.54, 1.807) is 12.3 Å². The van der Waals surface area contributed by atoms with Gasteiger partial charge in [0.25, 0.3) is 0 Å². The minimum absolute atomic E-state index is 0.00626. The number of rotatable bonds is 5. The van der Waals surface area contributed by atoms with E-state index < -0.39 is 0 Å². The van der Waals surface area contributed by atoms with Crippen molar-refractivity contribution in [3.05, 3.63) is 47.7 Å². The maximum Gasteiger partial charge on any atom is 0.243 e. The van der Waals surface area contributed by atoms with Gasteiger partial charge in [-0.05, 0) is 68.5 Å². The number of hydrogen-bond acceptors (Lipinski definition) is 4. The van der Waals surface area contributed by atoms with E-state index >= 15 is 0 Å². The van der Waals surface area contributed by atoms with Crippen molar-refractivity contribution in [1.29, 1.82) is 0 Å². The predicted octanol–water partition coefficient (Wildman–Crippen LogP) is 3.80. The number of benzene rings is 1. The van der Waals surface area contributed by atoms with E-state index in [-0.39, 0.29) is 17.7 Å². The highest BCUT2D eigenvalue weighted by Crippen LogP contribution is 2.34. The van der Waals surface area contributed by atoms with Crippen molar-refractivity contribution >= 4 is 11.6 Å². The first kappa shape index (κ1) is 17.4. The van der Waals surface area contributed by atoms with Crippen LogP contribution in [0.1, 0.15) is 30.4 Å². The number of pyridine rings is 1. The van der Waals surface area contributed by atoms with Gasteiger partial charge in [0.05, 0.1) is 0 Å². The molecule has 132 valence electrons. The lowest BCUT2D eigenvalue weighted by Gasteiger charge is -2.18. The van der Waals surface area contributed by atoms with Crippen LogP contribution in [0, 0.1) is 25.7 Å². The Labute approximate surface area is 148 Å². The quantitative estimate of drug-likeness (QED) is 0.868. The fraction of sp³-hybridized carbons (Fsp3) is 0.400. The van der Waals surface area contributed by atoms with Crippen molar-refractivity contribution in [2.45, 2.75) is 33.1 Å². The topological polar surface area (TPSA) is 77.2 Å². The van der Waals surface area contributed by atoms with Gasteiger partial charge in [-0.25, -0.2) is 4.98 Å². The molecule has 1 aromatic heterocycles. The van der Waals surface area contributed by atoms with E-state index in [4.69, 9.17) is 10.5 Å². The average Bonchev–Trinajstić information content (AvgIpc) is 3.09. The largest absolute Gasteiger partial charge is 0.437 e. The fourth-order valence-electron chi connectivity index (χ4n) is 3.40. The summed E-state index contributed by atoms with van der Waals surface area (Å²) >= 11 is 0. The molecule has 2 aromatic rings. The molecule has 1 amide bonds. The zero-order valence-electron chi connectivity index (χ0n) is 14.8. The molecule has 3 N–H and O–H groups in total. The Balaban J connectivity index is 1.79. The third kappa shape index (κ3) is 3.82. The van der Waals surface area contributed by atoms with E-state index in [2.05, 4.69) is 10.3 Å². The Morgan fingerprint density at radius 1 is 1.28 bits per heavy atom. The van der Waals surface area contributed by atoms with Crippen LogP contribution in [-0.4, -0.2) is 17.4 Å². The van der Waals surface area contributed by atoms with Crippen molar-refractivity contribution in [2.75, 3.05) is 11.9 Å². The Morgan fingerprint density at radius 3 is 2.92 bits per heavy atom. The molecule has 0 saturated heterocycles. The standard InChI is InChI=1S/C20H25N3O2/c1-13-6-3-10-18(14(13)2)25-20-17(9-5-11-22-20)23-19(24)16-8-4-7-15(16)12-21/h3,5-6,9-11,15-16H,4,7-8,12,21H2,1-2H3,(H,23,24)/t15-,16-/m1/s1. The number of aryl methyl sites for hydroxylation is 1. The molecule has 1 fully saturated rings. The number of ether oxygens (including phenoxy) is 1. The number of anilines is 1. The molecule has 1 aliphatic carbocycles. The summed E-state index contributed by atoms with van der Waals surface area (Å²) in [6.07, 6.45) is 4.63. The molecule has 25 heavy (non-hydrogen) atoms. The maximum atomic E-state index is 12.7. The molecule has 0 bridgehead atoms. The van der Waals surface area contributed by atoms with Gasteiger partial charge in [0, 0.05) is 12.1 Å². The van der Waals surface area contributed by atoms with Crippen molar-refractivity contribution in [3.8, 4) is 11.6 Å². The third-order valence-corrected chi connectivity index (χ3v) is 5.09. The molecular weight excluding hydrogens is 314 g/mol. The molecular formula is C20H25N3O2. The van der Waals surface area contributed by atoms with E-state index in [1.807, 2.05) is 38.1 Å². The Morgan fingerprint density at radius 2 is 2.12 bits per heavy atom. The average molecular weight is 339 g/mol. The van der Waals surface area contributed by atoms with E-state index in [1.165, 1.54) is 0 Å². The number of nitrogens with one attached hydrogen (secondary N) is 1. The monoisotopic (exact) mass is 339 g/mol. The molecule has 5 heteroatoms. The molecule has 1 aliphatic rings. The van der Waals surface area contributed by atoms with Crippen LogP contribution >= 0.6 is 0 Å². The summed E-state index contributed by atoms with van der Waals surface area (Å²) in [6, 6.07) is 9.50. The molecule has 1 heterocycles. The number of aromatic nitrogens is 1. The highest BCUT2D eigenvalue weighted by molar-refractivity contribution is 5.94. The SMILES string of the molecule is Cc1cccc(Oc2ncccc2NC(=O)[C@@H]2CCC[C@@H]2CN)c1C. The van der Waals surface area contributed by atoms with Crippen LogP contribution in [0.5, 0.6) is 11.6 Å². The molecule has 3 rings (SSSR count). The number of nitrogens with two attached hydrogens (primary N) is 1. The summed E-state index contributed by atoms with van der Waals surface area (Å²) in [5.74, 6) is 1.40. The summed E-state index contributed by atoms with van der Waals surface area (Å²) in [6.45, 7) is 4.60. The summed E-state index contributed by atoms with van der Waals surface area (Å²) in [5, 5.41) is 2.99. The second-order valence-corrected chi connectivity index (χ2v) is 6.68. The number of amides is 1. The molecule has 5 nitrogen and oxygen atoms in total. The van der Waals surface area contributed by atoms with Gasteiger partial charge in [-0.3, -0.25) is 4.79 Å². The smallest absolute Gasteiger partial charge is 0.243 e. The molecule has 0 spiro atoms. The molecule has 0 aliphatic heterocycles. The minimum Gasteiger partial charge on any atom is -0.437 e. The van der Waals surface area contributed by atoms with Crippen molar-refractivity contribution in [2.24, 2.45) is 17.6 Å². The Hall–Kier alpha value is -2.40. The molecule has 0 unspecified atom stereocenters. The van der Waals surface area contributed by atoms with Crippen LogP contribution in [0.3, 0.4) is 0 Å². The lowest BCUT2D eigenvalue weighted by molar-refractivity contribution is -0.120. The van der Waals surface area contributed by atoms with Gasteiger partial charge in [-0.1, -0.05) is 18.6 Å². The van der Waals surface area contributed by atoms with Crippen molar-refractivity contribution < 1.29 is 9.53 Å². The lowest BCUT2D eigenvalue weighted by Crippen LogP contribution is -2.29. The first-order valence-electron chi connectivity index (χ1n) is 8.80. The van der Waals surface area contributed by atoms with Crippen LogP contribution in [0.15, 0.2) is 36.5 Å². The first-order valence-corrected chi connectivity index (χ1v) is 8.80. The van der Waals surface area contributed by atoms with Gasteiger partial charge in [0.2, 0.25) is 11.8 Å². The van der Waals surface area contributed by atoms with Crippen LogP contribution in [0.25, 0.3) is 0 Å². The Bertz CT molecular complexity index is 760. The summed E-state index contributed by atoms with van der Waals surface area (Å²) in [4.78, 5) is 17.0. The van der Waals surface area contributed by atoms with Crippen LogP contribution in [0.2, 0.25) is 0 Å². The van der Waals surface area contributed by atoms with Gasteiger partial charge >= 0.3 is 0 Å². The number of hydrogen-bond donors (Lipinski definition) is 2. The van der Waals surface area contributed by atoms with Crippen LogP contribution in [-0.2, 0) is 4.79 Å². The molecule has 0 radical (unpaired) electrons. The van der Waals surface area contributed by atoms with E-state index in [9.17, 15) is 4.79 Å². The minimum atomic E-state index is -0.0289. The third-order valence-electron chi connectivity index (χ3n) is 5.09. The highest BCUT2D eigenvalue weighted by atomic mass is 16.5. The number of carbonyl (C=O) groups is 1. The molecule has 1 aromatic carbocycles. The van der Waals surface area contributed by atoms with Gasteiger partial charge in [0.1, 0.15) is 11.4 Å². The summed E-state index contributed by atoms with van der Waals surface area (Å²) < 4.78 is 5.99. The van der Waals surface area contributed by atoms with Crippen LogP contribution in [0.4, 0.5) is 5.69 Å². The van der Waals surface area contributed by atoms with Gasteiger partial charge in [-0.15, -0.1) is 0 Å². The number of nitrogens with zero attached hydrogens (tertiary/aromatic N) is 1. The first-order chi connectivity index (χ1) is 12.1. The zero-order valence-corrected chi connectivity index (χ0v) is 14.8. The second kappa shape index (κ2) is 7.66. The van der Waals surface area contributed by atoms with Gasteiger partial charge in [-0.2, -0.15) is 0 Å². The van der Waals surface area contributed by atoms with Crippen molar-refractivity contribution in [1.82, 2.24) is 4.98 Å². The second-order valence-electron chi connectivity index (χ2n) is 6.68. The van der Waals surface area contributed by atoms with Gasteiger partial charge < -0.3 is 15.8 Å². The Kier molecular flexibility index (Phi) is 5.34. The van der Waals surface area contributed by atoms with Crippen LogP contribution < -0.4 is 15.8 Å². The molecule has 1 saturated carbocycles. The van der Waals surface area contributed by atoms with Gasteiger partial charge in [0.15, 0.2) is 0 Å². The van der Waals surface area contributed by atoms with E-state index in [0.29, 0.717) is 18.1 Å². The zero-order chi connectivity index (χ0) is 17.8. The highest BCUT2D eigenvalue weighted by Gasteiger charge is 2.32. The normalized spacial score (nSPS) is 19.6.